The van der Waals surface area contributed by atoms with Crippen molar-refractivity contribution in [3.63, 3.8) is 0 Å². The number of hydrogen-bond acceptors (Lipinski definition) is 5. The Bertz CT molecular complexity index is 954. The van der Waals surface area contributed by atoms with Gasteiger partial charge in [-0.05, 0) is 31.2 Å². The second-order valence-electron chi connectivity index (χ2n) is 5.90. The number of fused-ring (bicyclic) bond motifs is 1. The molecule has 1 aromatic heterocycles. The summed E-state index contributed by atoms with van der Waals surface area (Å²) in [5.74, 6) is -0.564. The first-order valence-corrected chi connectivity index (χ1v) is 10.5. The second kappa shape index (κ2) is 7.21. The van der Waals surface area contributed by atoms with Crippen LogP contribution in [-0.4, -0.2) is 35.9 Å². The molecule has 6 nitrogen and oxygen atoms in total. The van der Waals surface area contributed by atoms with Crippen molar-refractivity contribution in [3.05, 3.63) is 46.0 Å². The van der Waals surface area contributed by atoms with Crippen LogP contribution < -0.4 is 5.32 Å². The van der Waals surface area contributed by atoms with Crippen molar-refractivity contribution in [2.24, 2.45) is 0 Å². The van der Waals surface area contributed by atoms with Crippen LogP contribution in [0.4, 0.5) is 18.3 Å². The number of rotatable bonds is 4. The zero-order valence-electron chi connectivity index (χ0n) is 14.2. The van der Waals surface area contributed by atoms with E-state index in [4.69, 9.17) is 0 Å². The summed E-state index contributed by atoms with van der Waals surface area (Å²) in [5.41, 5.74) is -0.0300. The molecule has 1 aromatic carbocycles. The summed E-state index contributed by atoms with van der Waals surface area (Å²) in [5, 5.41) is 2.85. The van der Waals surface area contributed by atoms with E-state index in [1.807, 2.05) is 0 Å². The van der Waals surface area contributed by atoms with Gasteiger partial charge in [0.1, 0.15) is 0 Å². The fourth-order valence-corrected chi connectivity index (χ4v) is 4.79. The van der Waals surface area contributed by atoms with Crippen LogP contribution in [0.3, 0.4) is 0 Å². The van der Waals surface area contributed by atoms with E-state index in [-0.39, 0.29) is 17.9 Å². The summed E-state index contributed by atoms with van der Waals surface area (Å²) >= 11 is 1.17. The van der Waals surface area contributed by atoms with Crippen molar-refractivity contribution >= 4 is 32.4 Å². The highest BCUT2D eigenvalue weighted by molar-refractivity contribution is 7.89. The van der Waals surface area contributed by atoms with Gasteiger partial charge in [-0.25, -0.2) is 13.4 Å². The molecular formula is C16H16F3N3O3S2. The Morgan fingerprint density at radius 3 is 2.56 bits per heavy atom. The number of hydrogen-bond donors (Lipinski definition) is 1. The van der Waals surface area contributed by atoms with Crippen LogP contribution in [0.1, 0.15) is 33.4 Å². The number of alkyl halides is 3. The van der Waals surface area contributed by atoms with E-state index in [0.717, 1.165) is 34.8 Å². The van der Waals surface area contributed by atoms with Crippen LogP contribution in [0.5, 0.6) is 0 Å². The Morgan fingerprint density at radius 2 is 1.96 bits per heavy atom. The van der Waals surface area contributed by atoms with Gasteiger partial charge in [-0.1, -0.05) is 0 Å². The predicted octanol–water partition coefficient (Wildman–Crippen LogP) is 3.12. The molecule has 0 spiro atoms. The van der Waals surface area contributed by atoms with Gasteiger partial charge in [0.2, 0.25) is 10.0 Å². The zero-order chi connectivity index (χ0) is 19.8. The standard InChI is InChI=1S/C16H16F3N3O3S2/c1-2-27(24,25)22-8-7-12-13(9-22)26-15(20-12)21-14(23)10-3-5-11(6-4-10)16(17,18)19/h3-6H,2,7-9H2,1H3,(H,20,21,23). The Kier molecular flexibility index (Phi) is 5.28. The number of sulfonamides is 1. The number of thiazole rings is 1. The van der Waals surface area contributed by atoms with Gasteiger partial charge in [0.15, 0.2) is 5.13 Å². The third-order valence-corrected chi connectivity index (χ3v) is 6.98. The van der Waals surface area contributed by atoms with Crippen molar-refractivity contribution in [3.8, 4) is 0 Å². The molecule has 0 unspecified atom stereocenters. The van der Waals surface area contributed by atoms with Crippen LogP contribution in [0.2, 0.25) is 0 Å². The lowest BCUT2D eigenvalue weighted by Gasteiger charge is -2.24. The molecule has 1 amide bonds. The molecule has 1 aliphatic heterocycles. The third kappa shape index (κ3) is 4.30. The summed E-state index contributed by atoms with van der Waals surface area (Å²) in [6.45, 7) is 2.12. The fourth-order valence-electron chi connectivity index (χ4n) is 2.63. The minimum absolute atomic E-state index is 0.0126. The molecule has 2 heterocycles. The fraction of sp³-hybridized carbons (Fsp3) is 0.375. The second-order valence-corrected chi connectivity index (χ2v) is 9.24. The molecule has 146 valence electrons. The van der Waals surface area contributed by atoms with Crippen LogP contribution in [0.15, 0.2) is 24.3 Å². The normalized spacial score (nSPS) is 15.4. The number of nitrogens with one attached hydrogen (secondary N) is 1. The Morgan fingerprint density at radius 1 is 1.30 bits per heavy atom. The maximum atomic E-state index is 12.6. The molecule has 0 saturated carbocycles. The highest BCUT2D eigenvalue weighted by atomic mass is 32.2. The number of amides is 1. The van der Waals surface area contributed by atoms with Gasteiger partial charge in [0.05, 0.1) is 17.0 Å². The van der Waals surface area contributed by atoms with Crippen molar-refractivity contribution in [1.29, 1.82) is 0 Å². The predicted molar refractivity (Wildman–Crippen MR) is 95.1 cm³/mol. The van der Waals surface area contributed by atoms with E-state index >= 15 is 0 Å². The molecular weight excluding hydrogens is 403 g/mol. The van der Waals surface area contributed by atoms with E-state index in [1.165, 1.54) is 15.6 Å². The van der Waals surface area contributed by atoms with E-state index in [2.05, 4.69) is 10.3 Å². The third-order valence-electron chi connectivity index (χ3n) is 4.15. The van der Waals surface area contributed by atoms with Gasteiger partial charge in [0, 0.05) is 30.0 Å². The van der Waals surface area contributed by atoms with Gasteiger partial charge in [-0.2, -0.15) is 17.5 Å². The van der Waals surface area contributed by atoms with Crippen LogP contribution in [0.25, 0.3) is 0 Å². The SMILES string of the molecule is CCS(=O)(=O)N1CCc2nc(NC(=O)c3ccc(C(F)(F)F)cc3)sc2C1. The number of benzene rings is 1. The number of aromatic nitrogens is 1. The largest absolute Gasteiger partial charge is 0.416 e. The Balaban J connectivity index is 1.72. The van der Waals surface area contributed by atoms with E-state index in [0.29, 0.717) is 18.1 Å². The summed E-state index contributed by atoms with van der Waals surface area (Å²) in [6, 6.07) is 3.88. The monoisotopic (exact) mass is 419 g/mol. The number of halogens is 3. The number of nitrogens with zero attached hydrogens (tertiary/aromatic N) is 2. The van der Waals surface area contributed by atoms with Crippen molar-refractivity contribution in [1.82, 2.24) is 9.29 Å². The van der Waals surface area contributed by atoms with Crippen molar-refractivity contribution in [2.75, 3.05) is 17.6 Å². The molecule has 11 heteroatoms. The maximum Gasteiger partial charge on any atom is 0.416 e. The molecule has 3 rings (SSSR count). The first kappa shape index (κ1) is 19.8. The minimum Gasteiger partial charge on any atom is -0.298 e. The minimum atomic E-state index is -4.46. The van der Waals surface area contributed by atoms with Gasteiger partial charge >= 0.3 is 6.18 Å². The maximum absolute atomic E-state index is 12.6. The molecule has 1 aliphatic rings. The quantitative estimate of drug-likeness (QED) is 0.826. The summed E-state index contributed by atoms with van der Waals surface area (Å²) in [6.07, 6.45) is -4.02. The molecule has 0 bridgehead atoms. The molecule has 2 aromatic rings. The summed E-state index contributed by atoms with van der Waals surface area (Å²) in [4.78, 5) is 17.3. The summed E-state index contributed by atoms with van der Waals surface area (Å²) in [7, 11) is -3.30. The van der Waals surface area contributed by atoms with E-state index in [9.17, 15) is 26.4 Å². The van der Waals surface area contributed by atoms with Gasteiger partial charge in [-0.15, -0.1) is 11.3 Å². The molecule has 0 fully saturated rings. The van der Waals surface area contributed by atoms with E-state index < -0.39 is 27.7 Å². The average molecular weight is 419 g/mol. The summed E-state index contributed by atoms with van der Waals surface area (Å²) < 4.78 is 63.1. The molecule has 0 radical (unpaired) electrons. The lowest BCUT2D eigenvalue weighted by Crippen LogP contribution is -2.36. The lowest BCUT2D eigenvalue weighted by molar-refractivity contribution is -0.137. The smallest absolute Gasteiger partial charge is 0.298 e. The van der Waals surface area contributed by atoms with Gasteiger partial charge < -0.3 is 0 Å². The van der Waals surface area contributed by atoms with E-state index in [1.54, 1.807) is 6.92 Å². The number of anilines is 1. The number of carbonyl (C=O) groups is 1. The first-order chi connectivity index (χ1) is 12.6. The Hall–Kier alpha value is -1.98. The number of carbonyl (C=O) groups excluding carboxylic acids is 1. The van der Waals surface area contributed by atoms with Gasteiger partial charge in [0.25, 0.3) is 5.91 Å². The topological polar surface area (TPSA) is 79.4 Å². The molecule has 1 N–H and O–H groups in total. The highest BCUT2D eigenvalue weighted by Crippen LogP contribution is 2.31. The first-order valence-electron chi connectivity index (χ1n) is 8.05. The average Bonchev–Trinajstić information content (AvgIpc) is 3.02. The van der Waals surface area contributed by atoms with Crippen LogP contribution in [-0.2, 0) is 29.2 Å². The lowest BCUT2D eigenvalue weighted by atomic mass is 10.1. The molecule has 0 atom stereocenters. The van der Waals surface area contributed by atoms with Crippen molar-refractivity contribution < 1.29 is 26.4 Å². The van der Waals surface area contributed by atoms with Gasteiger partial charge in [-0.3, -0.25) is 10.1 Å². The molecule has 0 aliphatic carbocycles. The molecule has 0 saturated heterocycles. The van der Waals surface area contributed by atoms with Crippen LogP contribution >= 0.6 is 11.3 Å². The van der Waals surface area contributed by atoms with Crippen molar-refractivity contribution in [2.45, 2.75) is 26.1 Å². The molecule has 27 heavy (non-hydrogen) atoms. The Labute approximate surface area is 158 Å². The zero-order valence-corrected chi connectivity index (χ0v) is 15.8. The van der Waals surface area contributed by atoms with Crippen LogP contribution in [0, 0.1) is 0 Å². The highest BCUT2D eigenvalue weighted by Gasteiger charge is 2.30.